The van der Waals surface area contributed by atoms with Crippen LogP contribution in [0.3, 0.4) is 0 Å². The Balaban J connectivity index is 2.21. The van der Waals surface area contributed by atoms with Gasteiger partial charge in [0.2, 0.25) is 6.29 Å². The second-order valence-corrected chi connectivity index (χ2v) is 2.23. The smallest absolute Gasteiger partial charge is 0.203 e. The predicted octanol–water partition coefficient (Wildman–Crippen LogP) is 0.639. The first-order chi connectivity index (χ1) is 4.93. The average Bonchev–Trinajstić information content (AvgIpc) is 2.17. The summed E-state index contributed by atoms with van der Waals surface area (Å²) in [5.74, 6) is 0. The van der Waals surface area contributed by atoms with Gasteiger partial charge in [-0.05, 0) is 12.8 Å². The van der Waals surface area contributed by atoms with E-state index in [2.05, 4.69) is 0 Å². The summed E-state index contributed by atoms with van der Waals surface area (Å²) in [6, 6.07) is 0. The van der Waals surface area contributed by atoms with Crippen molar-refractivity contribution in [3.8, 4) is 0 Å². The highest BCUT2D eigenvalue weighted by atomic mass is 16.7. The van der Waals surface area contributed by atoms with Crippen molar-refractivity contribution in [3.63, 3.8) is 0 Å². The number of ether oxygens (including phenoxy) is 2. The summed E-state index contributed by atoms with van der Waals surface area (Å²) in [5, 5.41) is 0. The van der Waals surface area contributed by atoms with Gasteiger partial charge in [-0.2, -0.15) is 0 Å². The van der Waals surface area contributed by atoms with Gasteiger partial charge in [-0.3, -0.25) is 4.79 Å². The molecule has 10 heavy (non-hydrogen) atoms. The fraction of sp³-hybridized carbons (Fsp3) is 0.857. The lowest BCUT2D eigenvalue weighted by molar-refractivity contribution is -0.120. The third-order valence-corrected chi connectivity index (χ3v) is 1.40. The van der Waals surface area contributed by atoms with E-state index in [9.17, 15) is 4.79 Å². The van der Waals surface area contributed by atoms with Crippen LogP contribution in [-0.4, -0.2) is 25.8 Å². The molecular formula is C7H11O3. The van der Waals surface area contributed by atoms with Gasteiger partial charge in [0.15, 0.2) is 6.29 Å². The van der Waals surface area contributed by atoms with E-state index in [1.807, 2.05) is 0 Å². The highest BCUT2D eigenvalue weighted by Gasteiger charge is 2.11. The maximum atomic E-state index is 9.90. The molecule has 0 aromatic rings. The first-order valence-electron chi connectivity index (χ1n) is 3.51. The summed E-state index contributed by atoms with van der Waals surface area (Å²) < 4.78 is 10.3. The van der Waals surface area contributed by atoms with E-state index in [0.29, 0.717) is 13.2 Å². The molecule has 0 N–H and O–H groups in total. The van der Waals surface area contributed by atoms with Crippen molar-refractivity contribution >= 4 is 6.29 Å². The van der Waals surface area contributed by atoms with Gasteiger partial charge in [0.25, 0.3) is 0 Å². The second-order valence-electron chi connectivity index (χ2n) is 2.23. The number of hydrogen-bond donors (Lipinski definition) is 0. The van der Waals surface area contributed by atoms with Crippen molar-refractivity contribution < 1.29 is 14.3 Å². The molecule has 0 saturated carbocycles. The highest BCUT2D eigenvalue weighted by molar-refractivity contribution is 5.50. The van der Waals surface area contributed by atoms with E-state index in [-0.39, 0.29) is 12.7 Å². The SMILES string of the molecule is O=[C]CC1OCCCCO1. The molecule has 1 saturated heterocycles. The zero-order valence-electron chi connectivity index (χ0n) is 5.84. The third-order valence-electron chi connectivity index (χ3n) is 1.40. The molecule has 0 atom stereocenters. The minimum absolute atomic E-state index is 0.236. The van der Waals surface area contributed by atoms with Gasteiger partial charge in [-0.15, -0.1) is 0 Å². The molecule has 1 aliphatic rings. The molecule has 3 heteroatoms. The molecule has 1 aliphatic heterocycles. The Bertz CT molecular complexity index is 95.0. The van der Waals surface area contributed by atoms with Crippen LogP contribution in [0.2, 0.25) is 0 Å². The minimum Gasteiger partial charge on any atom is -0.352 e. The fourth-order valence-corrected chi connectivity index (χ4v) is 0.868. The van der Waals surface area contributed by atoms with Crippen molar-refractivity contribution in [2.45, 2.75) is 25.6 Å². The molecule has 0 spiro atoms. The van der Waals surface area contributed by atoms with Crippen LogP contribution in [-0.2, 0) is 14.3 Å². The van der Waals surface area contributed by atoms with Gasteiger partial charge in [-0.1, -0.05) is 0 Å². The van der Waals surface area contributed by atoms with Crippen LogP contribution in [0, 0.1) is 0 Å². The van der Waals surface area contributed by atoms with E-state index in [4.69, 9.17) is 9.47 Å². The predicted molar refractivity (Wildman–Crippen MR) is 35.2 cm³/mol. The number of rotatable bonds is 2. The van der Waals surface area contributed by atoms with Crippen LogP contribution < -0.4 is 0 Å². The van der Waals surface area contributed by atoms with Crippen LogP contribution in [0.4, 0.5) is 0 Å². The minimum atomic E-state index is -0.333. The van der Waals surface area contributed by atoms with Gasteiger partial charge < -0.3 is 9.47 Å². The van der Waals surface area contributed by atoms with Gasteiger partial charge in [-0.25, -0.2) is 0 Å². The van der Waals surface area contributed by atoms with Crippen LogP contribution in [0.15, 0.2) is 0 Å². The van der Waals surface area contributed by atoms with Crippen LogP contribution in [0.25, 0.3) is 0 Å². The van der Waals surface area contributed by atoms with Gasteiger partial charge in [0.1, 0.15) is 0 Å². The normalized spacial score (nSPS) is 22.0. The first kappa shape index (κ1) is 7.69. The molecule has 0 aromatic heterocycles. The molecule has 57 valence electrons. The molecule has 1 radical (unpaired) electrons. The Morgan fingerprint density at radius 3 is 2.40 bits per heavy atom. The summed E-state index contributed by atoms with van der Waals surface area (Å²) in [6.45, 7) is 1.40. The lowest BCUT2D eigenvalue weighted by Gasteiger charge is -2.10. The maximum Gasteiger partial charge on any atom is 0.203 e. The number of carbonyl (C=O) groups excluding carboxylic acids is 1. The van der Waals surface area contributed by atoms with Crippen LogP contribution >= 0.6 is 0 Å². The second kappa shape index (κ2) is 4.41. The molecule has 1 rings (SSSR count). The van der Waals surface area contributed by atoms with E-state index in [1.54, 1.807) is 6.29 Å². The molecular weight excluding hydrogens is 132 g/mol. The monoisotopic (exact) mass is 143 g/mol. The van der Waals surface area contributed by atoms with Crippen molar-refractivity contribution in [1.82, 2.24) is 0 Å². The Morgan fingerprint density at radius 1 is 1.30 bits per heavy atom. The Labute approximate surface area is 60.3 Å². The van der Waals surface area contributed by atoms with Gasteiger partial charge >= 0.3 is 0 Å². The molecule has 0 bridgehead atoms. The van der Waals surface area contributed by atoms with Crippen LogP contribution in [0.5, 0.6) is 0 Å². The van der Waals surface area contributed by atoms with E-state index < -0.39 is 0 Å². The van der Waals surface area contributed by atoms with Crippen molar-refractivity contribution in [2.75, 3.05) is 13.2 Å². The lowest BCUT2D eigenvalue weighted by Crippen LogP contribution is -2.15. The molecule has 0 unspecified atom stereocenters. The standard InChI is InChI=1S/C7H11O3/c8-4-3-7-9-5-1-2-6-10-7/h7H,1-3,5-6H2. The Morgan fingerprint density at radius 2 is 1.90 bits per heavy atom. The van der Waals surface area contributed by atoms with Gasteiger partial charge in [0.05, 0.1) is 6.42 Å². The zero-order chi connectivity index (χ0) is 7.23. The van der Waals surface area contributed by atoms with Crippen molar-refractivity contribution in [1.29, 1.82) is 0 Å². The van der Waals surface area contributed by atoms with Crippen molar-refractivity contribution in [3.05, 3.63) is 0 Å². The zero-order valence-corrected chi connectivity index (χ0v) is 5.84. The lowest BCUT2D eigenvalue weighted by atomic mass is 10.3. The molecule has 0 amide bonds. The first-order valence-corrected chi connectivity index (χ1v) is 3.51. The summed E-state index contributed by atoms with van der Waals surface area (Å²) in [7, 11) is 0. The summed E-state index contributed by atoms with van der Waals surface area (Å²) >= 11 is 0. The molecule has 1 fully saturated rings. The quantitative estimate of drug-likeness (QED) is 0.569. The largest absolute Gasteiger partial charge is 0.352 e. The molecule has 0 aliphatic carbocycles. The summed E-state index contributed by atoms with van der Waals surface area (Å²) in [4.78, 5) is 9.90. The highest BCUT2D eigenvalue weighted by Crippen LogP contribution is 2.07. The van der Waals surface area contributed by atoms with Gasteiger partial charge in [0, 0.05) is 13.2 Å². The Kier molecular flexibility index (Phi) is 3.40. The van der Waals surface area contributed by atoms with E-state index >= 15 is 0 Å². The maximum absolute atomic E-state index is 9.90. The van der Waals surface area contributed by atoms with Crippen LogP contribution in [0.1, 0.15) is 19.3 Å². The molecule has 3 nitrogen and oxygen atoms in total. The summed E-state index contributed by atoms with van der Waals surface area (Å²) in [6.07, 6.45) is 3.71. The molecule has 1 heterocycles. The average molecular weight is 143 g/mol. The van der Waals surface area contributed by atoms with Crippen molar-refractivity contribution in [2.24, 2.45) is 0 Å². The third kappa shape index (κ3) is 2.45. The topological polar surface area (TPSA) is 35.5 Å². The van der Waals surface area contributed by atoms with E-state index in [1.165, 1.54) is 0 Å². The Hall–Kier alpha value is -0.410. The summed E-state index contributed by atoms with van der Waals surface area (Å²) in [5.41, 5.74) is 0. The number of hydrogen-bond acceptors (Lipinski definition) is 3. The molecule has 0 aromatic carbocycles. The fourth-order valence-electron chi connectivity index (χ4n) is 0.868. The van der Waals surface area contributed by atoms with E-state index in [0.717, 1.165) is 12.8 Å².